The zero-order valence-electron chi connectivity index (χ0n) is 16.9. The fourth-order valence-corrected chi connectivity index (χ4v) is 4.35. The summed E-state index contributed by atoms with van der Waals surface area (Å²) >= 11 is 0. The molecule has 1 aliphatic carbocycles. The average Bonchev–Trinajstić information content (AvgIpc) is 2.57. The minimum absolute atomic E-state index is 0.0208. The van der Waals surface area contributed by atoms with Crippen LogP contribution in [-0.2, 0) is 9.47 Å². The van der Waals surface area contributed by atoms with E-state index in [0.29, 0.717) is 12.6 Å². The van der Waals surface area contributed by atoms with Gasteiger partial charge in [0.15, 0.2) is 0 Å². The molecule has 156 valence electrons. The zero-order chi connectivity index (χ0) is 19.7. The Morgan fingerprint density at radius 2 is 1.78 bits per heavy atom. The number of carbonyl (C=O) groups is 1. The van der Waals surface area contributed by atoms with Crippen molar-refractivity contribution < 1.29 is 23.0 Å². The van der Waals surface area contributed by atoms with Crippen LogP contribution in [-0.4, -0.2) is 72.3 Å². The van der Waals surface area contributed by atoms with Crippen LogP contribution in [0.1, 0.15) is 59.3 Å². The van der Waals surface area contributed by atoms with E-state index in [0.717, 1.165) is 51.9 Å². The van der Waals surface area contributed by atoms with Crippen molar-refractivity contribution in [2.45, 2.75) is 83.0 Å². The van der Waals surface area contributed by atoms with Gasteiger partial charge in [0.05, 0.1) is 12.7 Å². The number of ether oxygens (including phenoxy) is 2. The molecule has 1 amide bonds. The number of hydrogen-bond donors (Lipinski definition) is 0. The number of hydrogen-bond acceptors (Lipinski definition) is 4. The highest BCUT2D eigenvalue weighted by Crippen LogP contribution is 2.42. The minimum atomic E-state index is -2.46. The summed E-state index contributed by atoms with van der Waals surface area (Å²) in [6, 6.07) is 0.461. The Morgan fingerprint density at radius 1 is 1.11 bits per heavy atom. The summed E-state index contributed by atoms with van der Waals surface area (Å²) in [5.74, 6) is -2.44. The molecule has 27 heavy (non-hydrogen) atoms. The number of amides is 1. The predicted molar refractivity (Wildman–Crippen MR) is 99.0 cm³/mol. The molecule has 3 rings (SSSR count). The van der Waals surface area contributed by atoms with Crippen molar-refractivity contribution in [3.05, 3.63) is 0 Å². The van der Waals surface area contributed by atoms with Crippen LogP contribution in [0, 0.1) is 5.92 Å². The topological polar surface area (TPSA) is 42.0 Å². The summed E-state index contributed by atoms with van der Waals surface area (Å²) in [6.45, 7) is 9.49. The van der Waals surface area contributed by atoms with Gasteiger partial charge in [-0.25, -0.2) is 13.6 Å². The molecule has 0 aromatic heterocycles. The van der Waals surface area contributed by atoms with Crippen LogP contribution in [0.15, 0.2) is 0 Å². The maximum absolute atomic E-state index is 12.9. The van der Waals surface area contributed by atoms with E-state index in [1.807, 2.05) is 20.8 Å². The molecule has 0 radical (unpaired) electrons. The van der Waals surface area contributed by atoms with E-state index in [-0.39, 0.29) is 31.0 Å². The van der Waals surface area contributed by atoms with Crippen LogP contribution in [0.25, 0.3) is 0 Å². The first-order valence-electron chi connectivity index (χ1n) is 10.3. The van der Waals surface area contributed by atoms with Gasteiger partial charge in [-0.05, 0) is 58.9 Å². The predicted octanol–water partition coefficient (Wildman–Crippen LogP) is 3.91. The molecule has 5 nitrogen and oxygen atoms in total. The number of likely N-dealkylation sites (tertiary alicyclic amines) is 2. The Hall–Kier alpha value is -0.950. The van der Waals surface area contributed by atoms with Gasteiger partial charge in [0, 0.05) is 38.5 Å². The highest BCUT2D eigenvalue weighted by Gasteiger charge is 2.45. The Labute approximate surface area is 161 Å². The first-order chi connectivity index (χ1) is 12.6. The van der Waals surface area contributed by atoms with Crippen LogP contribution in [0.2, 0.25) is 0 Å². The van der Waals surface area contributed by atoms with Gasteiger partial charge in [-0.3, -0.25) is 4.90 Å². The van der Waals surface area contributed by atoms with Crippen LogP contribution in [0.5, 0.6) is 0 Å². The lowest BCUT2D eigenvalue weighted by Gasteiger charge is -2.43. The number of nitrogens with zero attached hydrogens (tertiary/aromatic N) is 2. The maximum Gasteiger partial charge on any atom is 0.410 e. The van der Waals surface area contributed by atoms with Gasteiger partial charge in [0.25, 0.3) is 0 Å². The molecule has 3 aliphatic rings. The van der Waals surface area contributed by atoms with E-state index in [1.165, 1.54) is 0 Å². The average molecular weight is 388 g/mol. The van der Waals surface area contributed by atoms with Crippen molar-refractivity contribution >= 4 is 6.09 Å². The first kappa shape index (κ1) is 20.8. The molecule has 0 bridgehead atoms. The largest absolute Gasteiger partial charge is 0.444 e. The zero-order valence-corrected chi connectivity index (χ0v) is 16.9. The molecule has 0 spiro atoms. The summed E-state index contributed by atoms with van der Waals surface area (Å²) in [7, 11) is 0. The summed E-state index contributed by atoms with van der Waals surface area (Å²) in [5, 5.41) is 0. The van der Waals surface area contributed by atoms with Gasteiger partial charge in [0.2, 0.25) is 5.92 Å². The molecule has 0 N–H and O–H groups in total. The second kappa shape index (κ2) is 8.19. The van der Waals surface area contributed by atoms with Gasteiger partial charge in [-0.2, -0.15) is 0 Å². The highest BCUT2D eigenvalue weighted by molar-refractivity contribution is 5.68. The molecular formula is C20H34F2N2O3. The number of piperidine rings is 2. The van der Waals surface area contributed by atoms with Crippen molar-refractivity contribution in [2.24, 2.45) is 5.92 Å². The van der Waals surface area contributed by atoms with Gasteiger partial charge in [-0.1, -0.05) is 0 Å². The Balaban J connectivity index is 1.38. The van der Waals surface area contributed by atoms with Crippen molar-refractivity contribution in [1.29, 1.82) is 0 Å². The number of alkyl halides is 2. The molecule has 0 aromatic carbocycles. The van der Waals surface area contributed by atoms with Crippen molar-refractivity contribution in [3.63, 3.8) is 0 Å². The lowest BCUT2D eigenvalue weighted by molar-refractivity contribution is -0.139. The van der Waals surface area contributed by atoms with Crippen molar-refractivity contribution in [1.82, 2.24) is 9.80 Å². The van der Waals surface area contributed by atoms with E-state index < -0.39 is 11.5 Å². The van der Waals surface area contributed by atoms with Gasteiger partial charge >= 0.3 is 6.09 Å². The van der Waals surface area contributed by atoms with Crippen molar-refractivity contribution in [3.8, 4) is 0 Å². The Bertz CT molecular complexity index is 508. The lowest BCUT2D eigenvalue weighted by Crippen LogP contribution is -2.51. The second-order valence-electron chi connectivity index (χ2n) is 9.42. The number of rotatable bonds is 4. The summed E-state index contributed by atoms with van der Waals surface area (Å²) in [5.41, 5.74) is -0.463. The second-order valence-corrected chi connectivity index (χ2v) is 9.42. The van der Waals surface area contributed by atoms with E-state index in [9.17, 15) is 13.6 Å². The molecule has 1 atom stereocenters. The third-order valence-electron chi connectivity index (χ3n) is 5.78. The van der Waals surface area contributed by atoms with Crippen LogP contribution in [0.4, 0.5) is 13.6 Å². The van der Waals surface area contributed by atoms with E-state index in [4.69, 9.17) is 9.47 Å². The SMILES string of the molecule is CC(C)(C)OC(=O)N1CCC(N2CCCC(OCC3CC(F)(F)C3)C2)CC1. The smallest absolute Gasteiger partial charge is 0.410 e. The normalized spacial score (nSPS) is 28.0. The molecule has 1 saturated carbocycles. The van der Waals surface area contributed by atoms with Crippen LogP contribution < -0.4 is 0 Å². The van der Waals surface area contributed by atoms with E-state index >= 15 is 0 Å². The molecule has 2 heterocycles. The number of carbonyl (C=O) groups excluding carboxylic acids is 1. The standard InChI is InChI=1S/C20H34F2N2O3/c1-19(2,3)27-18(25)23-9-6-16(7-10-23)24-8-4-5-17(13-24)26-14-15-11-20(21,22)12-15/h15-17H,4-14H2,1-3H3. The van der Waals surface area contributed by atoms with Gasteiger partial charge in [-0.15, -0.1) is 0 Å². The third-order valence-corrected chi connectivity index (χ3v) is 5.78. The Kier molecular flexibility index (Phi) is 6.31. The minimum Gasteiger partial charge on any atom is -0.444 e. The summed E-state index contributed by atoms with van der Waals surface area (Å²) in [6.07, 6.45) is 3.87. The van der Waals surface area contributed by atoms with E-state index in [2.05, 4.69) is 4.90 Å². The molecule has 2 aliphatic heterocycles. The number of halogens is 2. The fraction of sp³-hybridized carbons (Fsp3) is 0.950. The fourth-order valence-electron chi connectivity index (χ4n) is 4.35. The lowest BCUT2D eigenvalue weighted by atomic mass is 9.82. The quantitative estimate of drug-likeness (QED) is 0.732. The maximum atomic E-state index is 12.9. The van der Waals surface area contributed by atoms with Crippen molar-refractivity contribution in [2.75, 3.05) is 32.8 Å². The first-order valence-corrected chi connectivity index (χ1v) is 10.3. The van der Waals surface area contributed by atoms with Crippen LogP contribution >= 0.6 is 0 Å². The molecular weight excluding hydrogens is 354 g/mol. The molecule has 3 fully saturated rings. The van der Waals surface area contributed by atoms with E-state index in [1.54, 1.807) is 4.90 Å². The summed E-state index contributed by atoms with van der Waals surface area (Å²) in [4.78, 5) is 16.5. The summed E-state index contributed by atoms with van der Waals surface area (Å²) < 4.78 is 37.3. The van der Waals surface area contributed by atoms with Crippen LogP contribution in [0.3, 0.4) is 0 Å². The third kappa shape index (κ3) is 6.01. The molecule has 2 saturated heterocycles. The molecule has 7 heteroatoms. The molecule has 0 aromatic rings. The Morgan fingerprint density at radius 3 is 2.37 bits per heavy atom. The monoisotopic (exact) mass is 388 g/mol. The molecule has 1 unspecified atom stereocenters. The highest BCUT2D eigenvalue weighted by atomic mass is 19.3. The van der Waals surface area contributed by atoms with Gasteiger partial charge < -0.3 is 14.4 Å². The van der Waals surface area contributed by atoms with Gasteiger partial charge in [0.1, 0.15) is 5.60 Å².